The van der Waals surface area contributed by atoms with Gasteiger partial charge in [-0.15, -0.1) is 0 Å². The number of ether oxygens (including phenoxy) is 2. The lowest BCUT2D eigenvalue weighted by molar-refractivity contribution is -0.144. The minimum atomic E-state index is -0.288. The first-order valence-electron chi connectivity index (χ1n) is 6.54. The number of hydrogen-bond donors (Lipinski definition) is 0. The summed E-state index contributed by atoms with van der Waals surface area (Å²) in [5, 5.41) is 0. The third-order valence-corrected chi connectivity index (χ3v) is 3.59. The summed E-state index contributed by atoms with van der Waals surface area (Å²) < 4.78 is 9.65. The topological polar surface area (TPSA) is 55.8 Å². The van der Waals surface area contributed by atoms with E-state index in [9.17, 15) is 9.59 Å². The van der Waals surface area contributed by atoms with E-state index in [4.69, 9.17) is 9.47 Å². The minimum Gasteiger partial charge on any atom is -0.466 e. The van der Waals surface area contributed by atoms with Gasteiger partial charge in [0.2, 0.25) is 0 Å². The molecule has 104 valence electrons. The van der Waals surface area contributed by atoms with Crippen molar-refractivity contribution in [3.63, 3.8) is 0 Å². The number of carbonyl (C=O) groups excluding carboxylic acids is 2. The number of esters is 1. The summed E-state index contributed by atoms with van der Waals surface area (Å²) in [6.45, 7) is 2.26. The van der Waals surface area contributed by atoms with E-state index in [-0.39, 0.29) is 18.1 Å². The van der Waals surface area contributed by atoms with E-state index in [2.05, 4.69) is 0 Å². The van der Waals surface area contributed by atoms with E-state index in [0.29, 0.717) is 18.9 Å². The van der Waals surface area contributed by atoms with Gasteiger partial charge in [-0.3, -0.25) is 4.79 Å². The number of nitrogens with zero attached hydrogens (tertiary/aromatic N) is 1. The highest BCUT2D eigenvalue weighted by atomic mass is 16.5. The normalized spacial score (nSPS) is 23.3. The van der Waals surface area contributed by atoms with Crippen molar-refractivity contribution in [2.45, 2.75) is 45.1 Å². The molecule has 5 heteroatoms. The van der Waals surface area contributed by atoms with E-state index >= 15 is 0 Å². The van der Waals surface area contributed by atoms with Crippen molar-refractivity contribution in [2.24, 2.45) is 5.92 Å². The first-order valence-corrected chi connectivity index (χ1v) is 6.54. The van der Waals surface area contributed by atoms with Gasteiger partial charge >= 0.3 is 12.1 Å². The first kappa shape index (κ1) is 14.8. The molecule has 1 fully saturated rings. The van der Waals surface area contributed by atoms with Crippen molar-refractivity contribution in [1.29, 1.82) is 0 Å². The Labute approximate surface area is 108 Å². The second-order valence-corrected chi connectivity index (χ2v) is 4.76. The number of carbonyl (C=O) groups is 2. The molecule has 0 aromatic rings. The Morgan fingerprint density at radius 2 is 1.83 bits per heavy atom. The molecule has 0 atom stereocenters. The van der Waals surface area contributed by atoms with Crippen molar-refractivity contribution in [1.82, 2.24) is 4.90 Å². The molecule has 0 heterocycles. The molecule has 1 aliphatic rings. The molecular formula is C13H23NO4. The van der Waals surface area contributed by atoms with Gasteiger partial charge in [0.05, 0.1) is 13.7 Å². The van der Waals surface area contributed by atoms with E-state index in [0.717, 1.165) is 25.7 Å². The van der Waals surface area contributed by atoms with Crippen LogP contribution in [0.25, 0.3) is 0 Å². The van der Waals surface area contributed by atoms with Gasteiger partial charge in [-0.1, -0.05) is 0 Å². The predicted molar refractivity (Wildman–Crippen MR) is 67.2 cm³/mol. The summed E-state index contributed by atoms with van der Waals surface area (Å²) in [4.78, 5) is 24.4. The Morgan fingerprint density at radius 1 is 1.22 bits per heavy atom. The molecule has 1 amide bonds. The lowest BCUT2D eigenvalue weighted by Gasteiger charge is -2.33. The number of hydrogen-bond acceptors (Lipinski definition) is 4. The number of rotatable bonds is 4. The van der Waals surface area contributed by atoms with E-state index in [1.165, 1.54) is 7.11 Å². The van der Waals surface area contributed by atoms with Gasteiger partial charge in [-0.25, -0.2) is 4.79 Å². The van der Waals surface area contributed by atoms with Gasteiger partial charge in [-0.2, -0.15) is 0 Å². The molecule has 0 bridgehead atoms. The second kappa shape index (κ2) is 7.24. The molecule has 0 aromatic carbocycles. The van der Waals surface area contributed by atoms with Crippen molar-refractivity contribution >= 4 is 12.1 Å². The van der Waals surface area contributed by atoms with E-state index in [1.807, 2.05) is 6.92 Å². The van der Waals surface area contributed by atoms with Crippen LogP contribution in [0.2, 0.25) is 0 Å². The van der Waals surface area contributed by atoms with Gasteiger partial charge in [0.15, 0.2) is 0 Å². The smallest absolute Gasteiger partial charge is 0.409 e. The minimum absolute atomic E-state index is 0.109. The van der Waals surface area contributed by atoms with Crippen LogP contribution < -0.4 is 0 Å². The molecule has 1 aliphatic carbocycles. The summed E-state index contributed by atoms with van der Waals surface area (Å²) in [7, 11) is 3.16. The Balaban J connectivity index is 2.32. The molecular weight excluding hydrogens is 234 g/mol. The highest BCUT2D eigenvalue weighted by molar-refractivity contribution is 5.69. The number of amides is 1. The fraction of sp³-hybridized carbons (Fsp3) is 0.846. The van der Waals surface area contributed by atoms with Crippen LogP contribution in [0.15, 0.2) is 0 Å². The molecule has 18 heavy (non-hydrogen) atoms. The van der Waals surface area contributed by atoms with Gasteiger partial charge in [0.25, 0.3) is 0 Å². The maximum Gasteiger partial charge on any atom is 0.409 e. The van der Waals surface area contributed by atoms with Crippen LogP contribution in [0, 0.1) is 5.92 Å². The second-order valence-electron chi connectivity index (χ2n) is 4.76. The van der Waals surface area contributed by atoms with Crippen LogP contribution in [0.4, 0.5) is 4.79 Å². The highest BCUT2D eigenvalue weighted by Gasteiger charge is 2.28. The number of methoxy groups -OCH3 is 1. The highest BCUT2D eigenvalue weighted by Crippen LogP contribution is 2.29. The molecule has 0 unspecified atom stereocenters. The third-order valence-electron chi connectivity index (χ3n) is 3.59. The Kier molecular flexibility index (Phi) is 5.95. The van der Waals surface area contributed by atoms with Gasteiger partial charge in [0, 0.05) is 19.5 Å². The quantitative estimate of drug-likeness (QED) is 0.724. The molecule has 0 N–H and O–H groups in total. The Bertz CT molecular complexity index is 285. The van der Waals surface area contributed by atoms with Crippen LogP contribution in [0.3, 0.4) is 0 Å². The largest absolute Gasteiger partial charge is 0.466 e. The molecule has 0 radical (unpaired) electrons. The monoisotopic (exact) mass is 257 g/mol. The molecule has 5 nitrogen and oxygen atoms in total. The van der Waals surface area contributed by atoms with Crippen LogP contribution in [0.5, 0.6) is 0 Å². The summed E-state index contributed by atoms with van der Waals surface area (Å²) in [6.07, 6.45) is 3.99. The van der Waals surface area contributed by atoms with Crippen molar-refractivity contribution in [3.8, 4) is 0 Å². The standard InChI is InChI=1S/C13H23NO4/c1-4-18-12(15)9-10-5-7-11(8-6-10)14(2)13(16)17-3/h10-11H,4-9H2,1-3H3. The summed E-state index contributed by atoms with van der Waals surface area (Å²) >= 11 is 0. The maximum atomic E-state index is 11.4. The molecule has 1 saturated carbocycles. The fourth-order valence-corrected chi connectivity index (χ4v) is 2.48. The van der Waals surface area contributed by atoms with Gasteiger partial charge < -0.3 is 14.4 Å². The Hall–Kier alpha value is -1.26. The van der Waals surface area contributed by atoms with Gasteiger partial charge in [-0.05, 0) is 38.5 Å². The van der Waals surface area contributed by atoms with Crippen molar-refractivity contribution < 1.29 is 19.1 Å². The molecule has 0 aromatic heterocycles. The summed E-state index contributed by atoms with van der Waals surface area (Å²) in [5.74, 6) is 0.286. The molecule has 1 rings (SSSR count). The SMILES string of the molecule is CCOC(=O)CC1CCC(N(C)C(=O)OC)CC1. The predicted octanol–water partition coefficient (Wildman–Crippen LogP) is 2.20. The van der Waals surface area contributed by atoms with Crippen LogP contribution in [0.1, 0.15) is 39.0 Å². The van der Waals surface area contributed by atoms with Crippen molar-refractivity contribution in [3.05, 3.63) is 0 Å². The van der Waals surface area contributed by atoms with Crippen LogP contribution >= 0.6 is 0 Å². The van der Waals surface area contributed by atoms with E-state index in [1.54, 1.807) is 11.9 Å². The molecule has 0 aliphatic heterocycles. The first-order chi connectivity index (χ1) is 8.58. The summed E-state index contributed by atoms with van der Waals surface area (Å²) in [5.41, 5.74) is 0. The lowest BCUT2D eigenvalue weighted by atomic mass is 9.84. The Morgan fingerprint density at radius 3 is 2.33 bits per heavy atom. The lowest BCUT2D eigenvalue weighted by Crippen LogP contribution is -2.39. The van der Waals surface area contributed by atoms with Gasteiger partial charge in [0.1, 0.15) is 0 Å². The maximum absolute atomic E-state index is 11.4. The zero-order valence-electron chi connectivity index (χ0n) is 11.5. The van der Waals surface area contributed by atoms with Crippen molar-refractivity contribution in [2.75, 3.05) is 20.8 Å². The molecule has 0 saturated heterocycles. The fourth-order valence-electron chi connectivity index (χ4n) is 2.48. The average Bonchev–Trinajstić information content (AvgIpc) is 2.38. The van der Waals surface area contributed by atoms with E-state index < -0.39 is 0 Å². The zero-order chi connectivity index (χ0) is 13.5. The third kappa shape index (κ3) is 4.20. The molecule has 0 spiro atoms. The van der Waals surface area contributed by atoms with Crippen LogP contribution in [-0.2, 0) is 14.3 Å². The average molecular weight is 257 g/mol. The zero-order valence-corrected chi connectivity index (χ0v) is 11.5. The summed E-state index contributed by atoms with van der Waals surface area (Å²) in [6, 6.07) is 0.232. The van der Waals surface area contributed by atoms with Crippen LogP contribution in [-0.4, -0.2) is 43.8 Å².